The summed E-state index contributed by atoms with van der Waals surface area (Å²) >= 11 is 0. The summed E-state index contributed by atoms with van der Waals surface area (Å²) in [5, 5.41) is 9.78. The first-order valence-corrected chi connectivity index (χ1v) is 6.48. The Kier molecular flexibility index (Phi) is 3.17. The summed E-state index contributed by atoms with van der Waals surface area (Å²) in [6, 6.07) is 9.51. The second-order valence-corrected chi connectivity index (χ2v) is 4.97. The molecule has 3 rings (SSSR count). The van der Waals surface area contributed by atoms with Crippen LogP contribution in [0.1, 0.15) is 11.1 Å². The predicted molar refractivity (Wildman–Crippen MR) is 77.9 cm³/mol. The Labute approximate surface area is 120 Å². The van der Waals surface area contributed by atoms with Gasteiger partial charge in [-0.25, -0.2) is 4.39 Å². The summed E-state index contributed by atoms with van der Waals surface area (Å²) in [4.78, 5) is 15.5. The zero-order chi connectivity index (χ0) is 15.0. The van der Waals surface area contributed by atoms with Gasteiger partial charge in [-0.1, -0.05) is 12.1 Å². The molecule has 0 atom stereocenters. The van der Waals surface area contributed by atoms with Crippen LogP contribution in [-0.2, 0) is 6.54 Å². The zero-order valence-electron chi connectivity index (χ0n) is 11.4. The molecule has 106 valence electrons. The molecule has 1 N–H and O–H groups in total. The Morgan fingerprint density at radius 2 is 2.05 bits per heavy atom. The van der Waals surface area contributed by atoms with E-state index in [2.05, 4.69) is 4.98 Å². The van der Waals surface area contributed by atoms with E-state index >= 15 is 0 Å². The molecule has 3 aromatic rings. The van der Waals surface area contributed by atoms with Crippen molar-refractivity contribution < 1.29 is 9.50 Å². The van der Waals surface area contributed by atoms with E-state index in [1.165, 1.54) is 24.5 Å². The lowest BCUT2D eigenvalue weighted by Crippen LogP contribution is -2.13. The lowest BCUT2D eigenvalue weighted by molar-refractivity contribution is 0.476. The minimum absolute atomic E-state index is 0.000617. The van der Waals surface area contributed by atoms with Crippen LogP contribution in [-0.4, -0.2) is 14.7 Å². The number of phenols is 1. The molecule has 2 aromatic carbocycles. The predicted octanol–water partition coefficient (Wildman–Crippen LogP) is 2.60. The van der Waals surface area contributed by atoms with Gasteiger partial charge in [0.15, 0.2) is 0 Å². The summed E-state index contributed by atoms with van der Waals surface area (Å²) in [5.41, 5.74) is 1.55. The molecule has 0 unspecified atom stereocenters. The highest BCUT2D eigenvalue weighted by Crippen LogP contribution is 2.18. The topological polar surface area (TPSA) is 55.1 Å². The second-order valence-electron chi connectivity index (χ2n) is 4.97. The number of hydrogen-bond donors (Lipinski definition) is 1. The van der Waals surface area contributed by atoms with Crippen LogP contribution < -0.4 is 5.56 Å². The Balaban J connectivity index is 2.13. The number of fused-ring (bicyclic) bond motifs is 1. The van der Waals surface area contributed by atoms with Crippen molar-refractivity contribution in [3.05, 3.63) is 70.0 Å². The fourth-order valence-corrected chi connectivity index (χ4v) is 2.29. The lowest BCUT2D eigenvalue weighted by atomic mass is 10.1. The molecule has 21 heavy (non-hydrogen) atoms. The standard InChI is InChI=1S/C16H13FN2O2/c1-10-2-3-11(14(17)6-10)8-19-9-18-16(21)13-7-12(20)4-5-15(13)19/h2-7,9,20H,8H2,1H3. The van der Waals surface area contributed by atoms with E-state index < -0.39 is 5.56 Å². The van der Waals surface area contributed by atoms with Crippen molar-refractivity contribution in [3.63, 3.8) is 0 Å². The van der Waals surface area contributed by atoms with Gasteiger partial charge in [-0.3, -0.25) is 4.79 Å². The Morgan fingerprint density at radius 1 is 1.24 bits per heavy atom. The largest absolute Gasteiger partial charge is 0.508 e. The van der Waals surface area contributed by atoms with Crippen LogP contribution in [0.15, 0.2) is 47.5 Å². The number of nitrogens with zero attached hydrogens (tertiary/aromatic N) is 2. The molecule has 0 saturated carbocycles. The van der Waals surface area contributed by atoms with Crippen molar-refractivity contribution in [3.8, 4) is 5.75 Å². The Morgan fingerprint density at radius 3 is 2.81 bits per heavy atom. The van der Waals surface area contributed by atoms with Crippen molar-refractivity contribution in [1.82, 2.24) is 9.55 Å². The maximum Gasteiger partial charge on any atom is 0.280 e. The smallest absolute Gasteiger partial charge is 0.280 e. The number of benzene rings is 2. The number of aromatic hydroxyl groups is 1. The maximum atomic E-state index is 13.9. The molecule has 0 aliphatic carbocycles. The van der Waals surface area contributed by atoms with Gasteiger partial charge in [-0.2, -0.15) is 4.98 Å². The van der Waals surface area contributed by atoms with Crippen LogP contribution in [0, 0.1) is 12.7 Å². The van der Waals surface area contributed by atoms with Gasteiger partial charge in [0.2, 0.25) is 0 Å². The first kappa shape index (κ1) is 13.3. The summed E-state index contributed by atoms with van der Waals surface area (Å²) in [6.07, 6.45) is 1.39. The average molecular weight is 284 g/mol. The molecule has 4 nitrogen and oxygen atoms in total. The highest BCUT2D eigenvalue weighted by atomic mass is 19.1. The van der Waals surface area contributed by atoms with Gasteiger partial charge in [-0.15, -0.1) is 0 Å². The quantitative estimate of drug-likeness (QED) is 0.787. The zero-order valence-corrected chi connectivity index (χ0v) is 11.4. The third kappa shape index (κ3) is 2.50. The maximum absolute atomic E-state index is 13.9. The molecule has 0 radical (unpaired) electrons. The van der Waals surface area contributed by atoms with E-state index in [1.807, 2.05) is 13.0 Å². The molecule has 0 amide bonds. The van der Waals surface area contributed by atoms with Crippen LogP contribution in [0.5, 0.6) is 5.75 Å². The molecule has 0 aliphatic heterocycles. The minimum atomic E-state index is -0.415. The summed E-state index contributed by atoms with van der Waals surface area (Å²) in [7, 11) is 0. The molecule has 0 fully saturated rings. The number of rotatable bonds is 2. The third-order valence-electron chi connectivity index (χ3n) is 3.38. The molecular weight excluding hydrogens is 271 g/mol. The van der Waals surface area contributed by atoms with E-state index in [9.17, 15) is 14.3 Å². The third-order valence-corrected chi connectivity index (χ3v) is 3.38. The van der Waals surface area contributed by atoms with E-state index in [0.717, 1.165) is 5.56 Å². The molecular formula is C16H13FN2O2. The van der Waals surface area contributed by atoms with E-state index in [0.29, 0.717) is 16.5 Å². The average Bonchev–Trinajstić information content (AvgIpc) is 2.45. The van der Waals surface area contributed by atoms with Crippen molar-refractivity contribution in [2.45, 2.75) is 13.5 Å². The molecule has 0 aliphatic rings. The normalized spacial score (nSPS) is 11.0. The SMILES string of the molecule is Cc1ccc(Cn2cnc(=O)c3cc(O)ccc32)c(F)c1. The van der Waals surface area contributed by atoms with E-state index in [1.54, 1.807) is 16.7 Å². The van der Waals surface area contributed by atoms with E-state index in [-0.39, 0.29) is 18.1 Å². The van der Waals surface area contributed by atoms with Gasteiger partial charge in [0, 0.05) is 5.56 Å². The van der Waals surface area contributed by atoms with Gasteiger partial charge < -0.3 is 9.67 Å². The first-order chi connectivity index (χ1) is 10.0. The molecule has 0 bridgehead atoms. The lowest BCUT2D eigenvalue weighted by Gasteiger charge is -2.11. The van der Waals surface area contributed by atoms with Crippen LogP contribution in [0.2, 0.25) is 0 Å². The number of aromatic nitrogens is 2. The van der Waals surface area contributed by atoms with Crippen LogP contribution in [0.3, 0.4) is 0 Å². The highest BCUT2D eigenvalue weighted by molar-refractivity contribution is 5.79. The van der Waals surface area contributed by atoms with Crippen molar-refractivity contribution in [2.24, 2.45) is 0 Å². The van der Waals surface area contributed by atoms with Gasteiger partial charge in [0.1, 0.15) is 11.6 Å². The van der Waals surface area contributed by atoms with Gasteiger partial charge in [0.05, 0.1) is 23.8 Å². The van der Waals surface area contributed by atoms with Gasteiger partial charge in [-0.05, 0) is 36.8 Å². The summed E-state index contributed by atoms with van der Waals surface area (Å²) in [6.45, 7) is 2.09. The molecule has 0 saturated heterocycles. The summed E-state index contributed by atoms with van der Waals surface area (Å²) < 4.78 is 15.6. The van der Waals surface area contributed by atoms with Gasteiger partial charge >= 0.3 is 0 Å². The number of phenolic OH excluding ortho intramolecular Hbond substituents is 1. The van der Waals surface area contributed by atoms with Crippen molar-refractivity contribution in [1.29, 1.82) is 0 Å². The summed E-state index contributed by atoms with van der Waals surface area (Å²) in [5.74, 6) is -0.290. The fraction of sp³-hybridized carbons (Fsp3) is 0.125. The van der Waals surface area contributed by atoms with Crippen molar-refractivity contribution >= 4 is 10.9 Å². The second kappa shape index (κ2) is 5.01. The Bertz CT molecular complexity index is 887. The molecule has 5 heteroatoms. The molecule has 1 aromatic heterocycles. The first-order valence-electron chi connectivity index (χ1n) is 6.48. The number of hydrogen-bond acceptors (Lipinski definition) is 3. The highest BCUT2D eigenvalue weighted by Gasteiger charge is 2.08. The van der Waals surface area contributed by atoms with E-state index in [4.69, 9.17) is 0 Å². The fourth-order valence-electron chi connectivity index (χ4n) is 2.29. The Hall–Kier alpha value is -2.69. The van der Waals surface area contributed by atoms with Crippen LogP contribution >= 0.6 is 0 Å². The van der Waals surface area contributed by atoms with Crippen LogP contribution in [0.4, 0.5) is 4.39 Å². The van der Waals surface area contributed by atoms with Gasteiger partial charge in [0.25, 0.3) is 5.56 Å². The molecule has 0 spiro atoms. The minimum Gasteiger partial charge on any atom is -0.508 e. The number of halogens is 1. The number of aryl methyl sites for hydroxylation is 1. The molecule has 1 heterocycles. The van der Waals surface area contributed by atoms with Crippen LogP contribution in [0.25, 0.3) is 10.9 Å². The monoisotopic (exact) mass is 284 g/mol. The van der Waals surface area contributed by atoms with Crippen molar-refractivity contribution in [2.75, 3.05) is 0 Å².